The highest BCUT2D eigenvalue weighted by molar-refractivity contribution is 6.00. The van der Waals surface area contributed by atoms with E-state index in [0.717, 1.165) is 0 Å². The van der Waals surface area contributed by atoms with Crippen molar-refractivity contribution in [3.8, 4) is 6.07 Å². The van der Waals surface area contributed by atoms with E-state index in [2.05, 4.69) is 22.0 Å². The zero-order valence-electron chi connectivity index (χ0n) is 10.8. The molecule has 3 N–H and O–H groups in total. The predicted molar refractivity (Wildman–Crippen MR) is 70.2 cm³/mol. The topological polar surface area (TPSA) is 94.0 Å². The first-order valence-electron chi connectivity index (χ1n) is 6.46. The highest BCUT2D eigenvalue weighted by Crippen LogP contribution is 2.40. The van der Waals surface area contributed by atoms with Gasteiger partial charge in [-0.1, -0.05) is 30.3 Å². The van der Waals surface area contributed by atoms with E-state index in [4.69, 9.17) is 0 Å². The van der Waals surface area contributed by atoms with E-state index in [1.165, 1.54) is 0 Å². The van der Waals surface area contributed by atoms with Crippen molar-refractivity contribution in [3.63, 3.8) is 0 Å². The summed E-state index contributed by atoms with van der Waals surface area (Å²) in [5.41, 5.74) is -1.82. The van der Waals surface area contributed by atoms with Crippen LogP contribution in [0.1, 0.15) is 12.0 Å². The van der Waals surface area contributed by atoms with Gasteiger partial charge in [0.2, 0.25) is 11.8 Å². The summed E-state index contributed by atoms with van der Waals surface area (Å²) >= 11 is 0. The van der Waals surface area contributed by atoms with Gasteiger partial charge in [-0.3, -0.25) is 14.9 Å². The van der Waals surface area contributed by atoms with Crippen LogP contribution in [0.15, 0.2) is 30.3 Å². The Morgan fingerprint density at radius 2 is 1.95 bits per heavy atom. The van der Waals surface area contributed by atoms with Crippen LogP contribution in [0.3, 0.4) is 0 Å². The first-order valence-corrected chi connectivity index (χ1v) is 6.46. The second kappa shape index (κ2) is 4.32. The Morgan fingerprint density at radius 3 is 2.65 bits per heavy atom. The lowest BCUT2D eigenvalue weighted by Crippen LogP contribution is -2.73. The summed E-state index contributed by atoms with van der Waals surface area (Å²) in [5, 5.41) is 18.2. The zero-order chi connectivity index (χ0) is 14.2. The van der Waals surface area contributed by atoms with Gasteiger partial charge >= 0.3 is 0 Å². The molecule has 1 spiro atoms. The van der Waals surface area contributed by atoms with Gasteiger partial charge in [0, 0.05) is 0 Å². The highest BCUT2D eigenvalue weighted by Gasteiger charge is 2.63. The molecule has 1 aromatic rings. The molecule has 2 aliphatic heterocycles. The average molecular weight is 270 g/mol. The van der Waals surface area contributed by atoms with Crippen molar-refractivity contribution in [1.29, 1.82) is 5.26 Å². The maximum Gasteiger partial charge on any atom is 0.249 e. The number of hydrogen-bond donors (Lipinski definition) is 3. The van der Waals surface area contributed by atoms with Crippen LogP contribution in [0.4, 0.5) is 0 Å². The maximum absolute atomic E-state index is 12.4. The molecule has 3 rings (SSSR count). The molecule has 1 aromatic carbocycles. The molecule has 2 saturated heterocycles. The van der Waals surface area contributed by atoms with Crippen LogP contribution in [-0.4, -0.2) is 30.4 Å². The van der Waals surface area contributed by atoms with Crippen molar-refractivity contribution < 1.29 is 9.59 Å². The molecule has 6 nitrogen and oxygen atoms in total. The van der Waals surface area contributed by atoms with Crippen molar-refractivity contribution in [2.75, 3.05) is 13.1 Å². The van der Waals surface area contributed by atoms with Crippen molar-refractivity contribution >= 4 is 11.8 Å². The Hall–Kier alpha value is -2.39. The van der Waals surface area contributed by atoms with E-state index < -0.39 is 11.1 Å². The minimum atomic E-state index is -1.25. The third kappa shape index (κ3) is 1.47. The van der Waals surface area contributed by atoms with Gasteiger partial charge < -0.3 is 10.6 Å². The van der Waals surface area contributed by atoms with E-state index in [0.29, 0.717) is 18.5 Å². The molecule has 0 bridgehead atoms. The summed E-state index contributed by atoms with van der Waals surface area (Å²) in [4.78, 5) is 24.1. The van der Waals surface area contributed by atoms with E-state index >= 15 is 0 Å². The first-order chi connectivity index (χ1) is 9.64. The second-order valence-corrected chi connectivity index (χ2v) is 5.04. The molecular weight excluding hydrogens is 256 g/mol. The van der Waals surface area contributed by atoms with Crippen molar-refractivity contribution in [2.24, 2.45) is 0 Å². The molecule has 6 heteroatoms. The molecule has 0 aliphatic carbocycles. The largest absolute Gasteiger partial charge is 0.345 e. The quantitative estimate of drug-likeness (QED) is 0.634. The Balaban J connectivity index is 2.17. The summed E-state index contributed by atoms with van der Waals surface area (Å²) in [6.45, 7) is 0.438. The van der Waals surface area contributed by atoms with Gasteiger partial charge in [0.15, 0.2) is 11.1 Å². The molecule has 102 valence electrons. The summed E-state index contributed by atoms with van der Waals surface area (Å²) < 4.78 is 0. The van der Waals surface area contributed by atoms with Crippen molar-refractivity contribution in [2.45, 2.75) is 17.5 Å². The van der Waals surface area contributed by atoms with E-state index in [-0.39, 0.29) is 18.4 Å². The molecule has 20 heavy (non-hydrogen) atoms. The van der Waals surface area contributed by atoms with Crippen molar-refractivity contribution in [3.05, 3.63) is 35.9 Å². The number of benzene rings is 1. The number of hydrogen-bond acceptors (Lipinski definition) is 4. The van der Waals surface area contributed by atoms with Crippen LogP contribution in [0, 0.1) is 11.3 Å². The van der Waals surface area contributed by atoms with Crippen LogP contribution < -0.4 is 16.0 Å². The molecule has 2 unspecified atom stereocenters. The molecule has 2 amide bonds. The molecule has 0 saturated carbocycles. The van der Waals surface area contributed by atoms with Gasteiger partial charge in [-0.15, -0.1) is 0 Å². The summed E-state index contributed by atoms with van der Waals surface area (Å²) in [5.74, 6) is -0.587. The van der Waals surface area contributed by atoms with Crippen LogP contribution in [0.5, 0.6) is 0 Å². The van der Waals surface area contributed by atoms with Gasteiger partial charge in [-0.05, 0) is 18.5 Å². The van der Waals surface area contributed by atoms with Gasteiger partial charge in [0.1, 0.15) is 0 Å². The van der Waals surface area contributed by atoms with Crippen LogP contribution in [-0.2, 0) is 15.1 Å². The lowest BCUT2D eigenvalue weighted by atomic mass is 9.72. The van der Waals surface area contributed by atoms with Gasteiger partial charge in [-0.25, -0.2) is 0 Å². The third-order valence-corrected chi connectivity index (χ3v) is 4.05. The molecule has 0 aromatic heterocycles. The number of amides is 2. The zero-order valence-corrected chi connectivity index (χ0v) is 10.8. The number of nitrogens with zero attached hydrogens (tertiary/aromatic N) is 1. The van der Waals surface area contributed by atoms with Crippen LogP contribution in [0.25, 0.3) is 0 Å². The van der Waals surface area contributed by atoms with E-state index in [9.17, 15) is 14.9 Å². The lowest BCUT2D eigenvalue weighted by Gasteiger charge is -2.42. The molecule has 2 fully saturated rings. The SMILES string of the molecule is N#CC1(c2ccccc2)NCCC12NC(=O)CNC2=O. The monoisotopic (exact) mass is 270 g/mol. The number of carbonyl (C=O) groups excluding carboxylic acids is 2. The maximum atomic E-state index is 12.4. The fraction of sp³-hybridized carbons (Fsp3) is 0.357. The fourth-order valence-corrected chi connectivity index (χ4v) is 3.10. The minimum Gasteiger partial charge on any atom is -0.345 e. The normalized spacial score (nSPS) is 32.5. The van der Waals surface area contributed by atoms with E-state index in [1.54, 1.807) is 12.1 Å². The Kier molecular flexibility index (Phi) is 2.73. The molecule has 2 aliphatic rings. The predicted octanol–water partition coefficient (Wildman–Crippen LogP) is -0.616. The number of rotatable bonds is 1. The average Bonchev–Trinajstić information content (AvgIpc) is 2.84. The second-order valence-electron chi connectivity index (χ2n) is 5.04. The minimum absolute atomic E-state index is 0.0448. The summed E-state index contributed by atoms with van der Waals surface area (Å²) in [7, 11) is 0. The summed E-state index contributed by atoms with van der Waals surface area (Å²) in [6, 6.07) is 11.3. The summed E-state index contributed by atoms with van der Waals surface area (Å²) in [6.07, 6.45) is 0.382. The van der Waals surface area contributed by atoms with Crippen LogP contribution >= 0.6 is 0 Å². The molecule has 0 radical (unpaired) electrons. The Bertz CT molecular complexity index is 609. The highest BCUT2D eigenvalue weighted by atomic mass is 16.2. The van der Waals surface area contributed by atoms with Gasteiger partial charge in [0.25, 0.3) is 0 Å². The standard InChI is InChI=1S/C14H14N4O2/c15-9-14(10-4-2-1-3-5-10)13(6-7-17-14)12(20)16-8-11(19)18-13/h1-5,17H,6-8H2,(H,16,20)(H,18,19). The van der Waals surface area contributed by atoms with Crippen molar-refractivity contribution in [1.82, 2.24) is 16.0 Å². The lowest BCUT2D eigenvalue weighted by molar-refractivity contribution is -0.140. The fourth-order valence-electron chi connectivity index (χ4n) is 3.10. The molecule has 2 heterocycles. The Morgan fingerprint density at radius 1 is 1.20 bits per heavy atom. The smallest absolute Gasteiger partial charge is 0.249 e. The van der Waals surface area contributed by atoms with E-state index in [1.807, 2.05) is 18.2 Å². The first kappa shape index (κ1) is 12.6. The number of carbonyl (C=O) groups is 2. The molecular formula is C14H14N4O2. The van der Waals surface area contributed by atoms with Gasteiger partial charge in [0.05, 0.1) is 12.6 Å². The molecule has 2 atom stereocenters. The number of piperazine rings is 1. The number of nitriles is 1. The van der Waals surface area contributed by atoms with Gasteiger partial charge in [-0.2, -0.15) is 5.26 Å². The number of nitrogens with one attached hydrogen (secondary N) is 3. The Labute approximate surface area is 116 Å². The third-order valence-electron chi connectivity index (χ3n) is 4.05. The van der Waals surface area contributed by atoms with Crippen LogP contribution in [0.2, 0.25) is 0 Å².